The molecule has 4 aromatic rings. The first-order valence-electron chi connectivity index (χ1n) is 11.7. The van der Waals surface area contributed by atoms with Gasteiger partial charge in [-0.05, 0) is 31.0 Å². The number of hydrogen-bond acceptors (Lipinski definition) is 9. The molecule has 4 heterocycles. The molecule has 1 saturated carbocycles. The second-order valence-electron chi connectivity index (χ2n) is 8.68. The third kappa shape index (κ3) is 4.40. The average Bonchev–Trinajstić information content (AvgIpc) is 3.67. The first kappa shape index (κ1) is 21.5. The van der Waals surface area contributed by atoms with Crippen molar-refractivity contribution < 1.29 is 14.3 Å². The van der Waals surface area contributed by atoms with E-state index in [1.807, 2.05) is 12.3 Å². The highest BCUT2D eigenvalue weighted by atomic mass is 16.5. The molecule has 1 N–H and O–H groups in total. The van der Waals surface area contributed by atoms with Gasteiger partial charge in [0.2, 0.25) is 5.95 Å². The number of fused-ring (bicyclic) bond motifs is 1. The summed E-state index contributed by atoms with van der Waals surface area (Å²) in [6.07, 6.45) is 5.86. The predicted octanol–water partition coefficient (Wildman–Crippen LogP) is 3.59. The Kier molecular flexibility index (Phi) is 5.49. The van der Waals surface area contributed by atoms with Crippen molar-refractivity contribution in [1.29, 1.82) is 0 Å². The lowest BCUT2D eigenvalue weighted by molar-refractivity contribution is 0.0594. The van der Waals surface area contributed by atoms with Crippen LogP contribution in [0.3, 0.4) is 0 Å². The number of pyridine rings is 1. The molecule has 0 spiro atoms. The van der Waals surface area contributed by atoms with E-state index in [0.29, 0.717) is 36.7 Å². The largest absolute Gasteiger partial charge is 0.464 e. The number of anilines is 3. The fraction of sp³-hybridized carbons (Fsp3) is 0.320. The number of aromatic nitrogens is 5. The highest BCUT2D eigenvalue weighted by Crippen LogP contribution is 2.37. The van der Waals surface area contributed by atoms with Crippen LogP contribution in [0.4, 0.5) is 17.5 Å². The van der Waals surface area contributed by atoms with Gasteiger partial charge in [0.25, 0.3) is 0 Å². The van der Waals surface area contributed by atoms with Crippen LogP contribution in [0.15, 0.2) is 48.8 Å². The summed E-state index contributed by atoms with van der Waals surface area (Å²) in [7, 11) is 1.33. The quantitative estimate of drug-likeness (QED) is 0.422. The van der Waals surface area contributed by atoms with Gasteiger partial charge in [-0.1, -0.05) is 12.1 Å². The van der Waals surface area contributed by atoms with E-state index in [4.69, 9.17) is 19.4 Å². The first-order valence-corrected chi connectivity index (χ1v) is 11.7. The van der Waals surface area contributed by atoms with E-state index < -0.39 is 5.97 Å². The van der Waals surface area contributed by atoms with Gasteiger partial charge in [0.15, 0.2) is 0 Å². The van der Waals surface area contributed by atoms with Crippen molar-refractivity contribution in [3.63, 3.8) is 0 Å². The summed E-state index contributed by atoms with van der Waals surface area (Å²) in [5.74, 6) is 0.805. The number of carbonyl (C=O) groups is 1. The fourth-order valence-electron chi connectivity index (χ4n) is 4.20. The molecule has 0 atom stereocenters. The Balaban J connectivity index is 1.37. The molecule has 6 rings (SSSR count). The number of ether oxygens (including phenoxy) is 2. The van der Waals surface area contributed by atoms with E-state index in [9.17, 15) is 4.79 Å². The lowest BCUT2D eigenvalue weighted by atomic mass is 10.1. The first-order chi connectivity index (χ1) is 17.2. The molecule has 35 heavy (non-hydrogen) atoms. The van der Waals surface area contributed by atoms with E-state index in [1.165, 1.54) is 20.0 Å². The standard InChI is InChI=1S/C25H25N7O3/c1-34-24(33)20-7-4-18(15-26-20)28-23-13-21(29-25(30-23)31-8-10-35-11-9-31)16-2-3-17-14-27-32(19-5-6-19)22(17)12-16/h2-4,7,12-15,19H,5-6,8-11H2,1H3,(H,28,29,30). The number of nitrogens with zero attached hydrogens (tertiary/aromatic N) is 6. The molecule has 1 aliphatic heterocycles. The van der Waals surface area contributed by atoms with Crippen LogP contribution in [0.2, 0.25) is 0 Å². The van der Waals surface area contributed by atoms with Crippen molar-refractivity contribution >= 4 is 34.3 Å². The molecule has 0 unspecified atom stereocenters. The zero-order valence-corrected chi connectivity index (χ0v) is 19.3. The Bertz CT molecular complexity index is 1380. The number of hydrogen-bond donors (Lipinski definition) is 1. The zero-order chi connectivity index (χ0) is 23.8. The van der Waals surface area contributed by atoms with E-state index in [0.717, 1.165) is 35.2 Å². The van der Waals surface area contributed by atoms with E-state index >= 15 is 0 Å². The van der Waals surface area contributed by atoms with Crippen molar-refractivity contribution in [3.8, 4) is 11.3 Å². The smallest absolute Gasteiger partial charge is 0.356 e. The molecule has 1 aliphatic carbocycles. The highest BCUT2D eigenvalue weighted by Gasteiger charge is 2.26. The van der Waals surface area contributed by atoms with Crippen LogP contribution in [-0.4, -0.2) is 64.1 Å². The summed E-state index contributed by atoms with van der Waals surface area (Å²) >= 11 is 0. The van der Waals surface area contributed by atoms with Crippen LogP contribution in [-0.2, 0) is 9.47 Å². The maximum atomic E-state index is 11.7. The minimum Gasteiger partial charge on any atom is -0.464 e. The molecule has 0 bridgehead atoms. The average molecular weight is 472 g/mol. The number of benzene rings is 1. The topological polar surface area (TPSA) is 107 Å². The fourth-order valence-corrected chi connectivity index (χ4v) is 4.20. The molecule has 178 valence electrons. The number of rotatable bonds is 6. The second-order valence-corrected chi connectivity index (χ2v) is 8.68. The number of morpholine rings is 1. The van der Waals surface area contributed by atoms with E-state index in [1.54, 1.807) is 18.3 Å². The Morgan fingerprint density at radius 3 is 2.69 bits per heavy atom. The predicted molar refractivity (Wildman–Crippen MR) is 131 cm³/mol. The number of nitrogens with one attached hydrogen (secondary N) is 1. The maximum absolute atomic E-state index is 11.7. The molecule has 1 aromatic carbocycles. The van der Waals surface area contributed by atoms with Crippen LogP contribution in [0.25, 0.3) is 22.2 Å². The van der Waals surface area contributed by atoms with E-state index in [2.05, 4.69) is 43.2 Å². The Labute approximate surface area is 201 Å². The van der Waals surface area contributed by atoms with Gasteiger partial charge in [-0.3, -0.25) is 4.68 Å². The molecule has 10 nitrogen and oxygen atoms in total. The van der Waals surface area contributed by atoms with Gasteiger partial charge in [-0.15, -0.1) is 0 Å². The molecule has 0 radical (unpaired) electrons. The maximum Gasteiger partial charge on any atom is 0.356 e. The summed E-state index contributed by atoms with van der Waals surface area (Å²) in [6, 6.07) is 12.1. The molecule has 2 fully saturated rings. The Hall–Kier alpha value is -4.05. The van der Waals surface area contributed by atoms with Crippen molar-refractivity contribution in [2.75, 3.05) is 43.6 Å². The van der Waals surface area contributed by atoms with Crippen molar-refractivity contribution in [1.82, 2.24) is 24.7 Å². The molecule has 1 saturated heterocycles. The van der Waals surface area contributed by atoms with E-state index in [-0.39, 0.29) is 5.69 Å². The summed E-state index contributed by atoms with van der Waals surface area (Å²) in [4.78, 5) is 27.7. The minimum atomic E-state index is -0.476. The van der Waals surface area contributed by atoms with Gasteiger partial charge >= 0.3 is 5.97 Å². The minimum absolute atomic E-state index is 0.246. The van der Waals surface area contributed by atoms with Crippen molar-refractivity contribution in [3.05, 3.63) is 54.5 Å². The van der Waals surface area contributed by atoms with Crippen LogP contribution < -0.4 is 10.2 Å². The zero-order valence-electron chi connectivity index (χ0n) is 19.3. The van der Waals surface area contributed by atoms with Gasteiger partial charge in [0, 0.05) is 30.1 Å². The third-order valence-electron chi connectivity index (χ3n) is 6.23. The SMILES string of the molecule is COC(=O)c1ccc(Nc2cc(-c3ccc4cnn(C5CC5)c4c3)nc(N3CCOCC3)n2)cn1. The third-order valence-corrected chi connectivity index (χ3v) is 6.23. The number of esters is 1. The van der Waals surface area contributed by atoms with Crippen LogP contribution in [0.1, 0.15) is 29.4 Å². The molecule has 0 amide bonds. The number of methoxy groups -OCH3 is 1. The summed E-state index contributed by atoms with van der Waals surface area (Å²) < 4.78 is 12.4. The van der Waals surface area contributed by atoms with Gasteiger partial charge in [-0.2, -0.15) is 10.1 Å². The van der Waals surface area contributed by atoms with Gasteiger partial charge in [-0.25, -0.2) is 14.8 Å². The summed E-state index contributed by atoms with van der Waals surface area (Å²) in [6.45, 7) is 2.74. The monoisotopic (exact) mass is 471 g/mol. The van der Waals surface area contributed by atoms with Crippen LogP contribution in [0, 0.1) is 0 Å². The Morgan fingerprint density at radius 2 is 1.94 bits per heavy atom. The van der Waals surface area contributed by atoms with Crippen molar-refractivity contribution in [2.45, 2.75) is 18.9 Å². The van der Waals surface area contributed by atoms with Gasteiger partial charge in [0.1, 0.15) is 11.5 Å². The molecule has 2 aliphatic rings. The lowest BCUT2D eigenvalue weighted by Crippen LogP contribution is -2.37. The lowest BCUT2D eigenvalue weighted by Gasteiger charge is -2.27. The van der Waals surface area contributed by atoms with Gasteiger partial charge < -0.3 is 19.7 Å². The summed E-state index contributed by atoms with van der Waals surface area (Å²) in [5, 5.41) is 9.02. The molecular weight excluding hydrogens is 446 g/mol. The van der Waals surface area contributed by atoms with Crippen LogP contribution >= 0.6 is 0 Å². The molecule has 10 heteroatoms. The summed E-state index contributed by atoms with van der Waals surface area (Å²) in [5.41, 5.74) is 3.88. The second kappa shape index (κ2) is 8.95. The van der Waals surface area contributed by atoms with Gasteiger partial charge in [0.05, 0.1) is 55.7 Å². The number of carbonyl (C=O) groups excluding carboxylic acids is 1. The van der Waals surface area contributed by atoms with Crippen LogP contribution in [0.5, 0.6) is 0 Å². The molecule has 3 aromatic heterocycles. The highest BCUT2D eigenvalue weighted by molar-refractivity contribution is 5.87. The van der Waals surface area contributed by atoms with Crippen molar-refractivity contribution in [2.24, 2.45) is 0 Å². The molecular formula is C25H25N7O3. The Morgan fingerprint density at radius 1 is 1.09 bits per heavy atom. The normalized spacial score (nSPS) is 15.9.